The van der Waals surface area contributed by atoms with Gasteiger partial charge in [0.25, 0.3) is 0 Å². The van der Waals surface area contributed by atoms with E-state index in [0.717, 1.165) is 21.3 Å². The number of alkyl halides is 3. The molecular weight excluding hydrogens is 505 g/mol. The van der Waals surface area contributed by atoms with E-state index >= 15 is 0 Å². The Morgan fingerprint density at radius 1 is 1.16 bits per heavy atom. The van der Waals surface area contributed by atoms with Crippen molar-refractivity contribution in [3.05, 3.63) is 58.6 Å². The fourth-order valence-electron chi connectivity index (χ4n) is 4.87. The number of piperazine rings is 1. The van der Waals surface area contributed by atoms with Gasteiger partial charge in [-0.3, -0.25) is 9.80 Å². The molecule has 5 rings (SSSR count). The topological polar surface area (TPSA) is 70.4 Å². The molecule has 1 unspecified atom stereocenters. The van der Waals surface area contributed by atoms with Crippen LogP contribution in [0.3, 0.4) is 0 Å². The van der Waals surface area contributed by atoms with Gasteiger partial charge in [-0.2, -0.15) is 13.2 Å². The van der Waals surface area contributed by atoms with Crippen LogP contribution in [0.4, 0.5) is 13.2 Å². The van der Waals surface area contributed by atoms with Crippen molar-refractivity contribution < 1.29 is 27.9 Å². The number of aryl methyl sites for hydroxylation is 1. The van der Waals surface area contributed by atoms with Crippen LogP contribution in [0.2, 0.25) is 0 Å². The average molecular weight is 535 g/mol. The molecule has 0 radical (unpaired) electrons. The molecule has 1 N–H and O–H groups in total. The van der Waals surface area contributed by atoms with Crippen LogP contribution in [0.15, 0.2) is 47.6 Å². The molecule has 3 aromatic rings. The second kappa shape index (κ2) is 10.6. The van der Waals surface area contributed by atoms with E-state index in [1.807, 2.05) is 25.1 Å². The van der Waals surface area contributed by atoms with Crippen LogP contribution in [0.1, 0.15) is 29.5 Å². The monoisotopic (exact) mass is 534 g/mol. The molecule has 2 aliphatic rings. The number of aromatic nitrogens is 1. The van der Waals surface area contributed by atoms with Crippen molar-refractivity contribution in [2.24, 2.45) is 5.16 Å². The third-order valence-corrected chi connectivity index (χ3v) is 7.59. The lowest BCUT2D eigenvalue weighted by atomic mass is 9.99. The summed E-state index contributed by atoms with van der Waals surface area (Å²) in [5, 5.41) is 15.4. The lowest BCUT2D eigenvalue weighted by Gasteiger charge is -2.40. The third-order valence-electron chi connectivity index (χ3n) is 6.64. The van der Waals surface area contributed by atoms with Crippen LogP contribution >= 0.6 is 11.3 Å². The second-order valence-corrected chi connectivity index (χ2v) is 10.7. The standard InChI is InChI=1S/C26H29F3N4O3S/c1-16(34)25(35-18-7-8-24-23(13-18)30-17(2)37-24)33-11-9-32(10-12-33)15-19-14-22(31-36-19)20-5-3-4-6-21(20)26(27,28)29/h3-8,13,16,19,25,34H,9-12,14-15H2,1-2H3/t16-,19-,25?/m1/s1. The molecule has 198 valence electrons. The number of rotatable bonds is 7. The number of fused-ring (bicyclic) bond motifs is 1. The van der Waals surface area contributed by atoms with E-state index in [0.29, 0.717) is 50.6 Å². The van der Waals surface area contributed by atoms with Gasteiger partial charge in [-0.15, -0.1) is 11.3 Å². The number of benzene rings is 2. The number of oxime groups is 1. The second-order valence-electron chi connectivity index (χ2n) is 9.46. The van der Waals surface area contributed by atoms with Gasteiger partial charge < -0.3 is 14.7 Å². The Kier molecular flexibility index (Phi) is 7.39. The minimum Gasteiger partial charge on any atom is -0.472 e. The van der Waals surface area contributed by atoms with Gasteiger partial charge in [-0.05, 0) is 32.0 Å². The predicted octanol–water partition coefficient (Wildman–Crippen LogP) is 4.52. The first-order valence-corrected chi connectivity index (χ1v) is 13.1. The summed E-state index contributed by atoms with van der Waals surface area (Å²) >= 11 is 1.63. The Morgan fingerprint density at radius 3 is 2.65 bits per heavy atom. The number of nitrogens with zero attached hydrogens (tertiary/aromatic N) is 4. The van der Waals surface area contributed by atoms with Crippen LogP contribution in [0, 0.1) is 6.92 Å². The Morgan fingerprint density at radius 2 is 1.92 bits per heavy atom. The number of aliphatic hydroxyl groups excluding tert-OH is 1. The highest BCUT2D eigenvalue weighted by Gasteiger charge is 2.37. The van der Waals surface area contributed by atoms with E-state index in [9.17, 15) is 18.3 Å². The molecule has 0 saturated carbocycles. The molecule has 3 heterocycles. The molecule has 2 aliphatic heterocycles. The summed E-state index contributed by atoms with van der Waals surface area (Å²) in [4.78, 5) is 14.3. The van der Waals surface area contributed by atoms with Crippen molar-refractivity contribution in [2.75, 3.05) is 32.7 Å². The molecule has 3 atom stereocenters. The van der Waals surface area contributed by atoms with Crippen LogP contribution in [-0.2, 0) is 11.0 Å². The number of aliphatic hydroxyl groups is 1. The molecular formula is C26H29F3N4O3S. The van der Waals surface area contributed by atoms with Gasteiger partial charge >= 0.3 is 6.18 Å². The Hall–Kier alpha value is -2.73. The van der Waals surface area contributed by atoms with Crippen LogP contribution < -0.4 is 4.74 Å². The van der Waals surface area contributed by atoms with E-state index in [2.05, 4.69) is 19.9 Å². The number of hydrogen-bond donors (Lipinski definition) is 1. The van der Waals surface area contributed by atoms with Crippen molar-refractivity contribution >= 4 is 27.3 Å². The highest BCUT2D eigenvalue weighted by Crippen LogP contribution is 2.34. The minimum absolute atomic E-state index is 0.0743. The van der Waals surface area contributed by atoms with Gasteiger partial charge in [-0.1, -0.05) is 23.4 Å². The zero-order valence-electron chi connectivity index (χ0n) is 20.6. The molecule has 0 bridgehead atoms. The summed E-state index contributed by atoms with van der Waals surface area (Å²) < 4.78 is 47.5. The third kappa shape index (κ3) is 5.90. The van der Waals surface area contributed by atoms with E-state index in [1.165, 1.54) is 12.1 Å². The Bertz CT molecular complexity index is 1270. The Balaban J connectivity index is 1.15. The summed E-state index contributed by atoms with van der Waals surface area (Å²) in [6.45, 7) is 7.02. The van der Waals surface area contributed by atoms with E-state index in [4.69, 9.17) is 9.57 Å². The summed E-state index contributed by atoms with van der Waals surface area (Å²) in [5.41, 5.74) is 0.585. The lowest BCUT2D eigenvalue weighted by Crippen LogP contribution is -2.56. The minimum atomic E-state index is -4.44. The number of ether oxygens (including phenoxy) is 1. The predicted molar refractivity (Wildman–Crippen MR) is 136 cm³/mol. The summed E-state index contributed by atoms with van der Waals surface area (Å²) in [7, 11) is 0. The Labute approximate surface area is 217 Å². The van der Waals surface area contributed by atoms with Crippen LogP contribution in [-0.4, -0.2) is 76.8 Å². The molecule has 1 aromatic heterocycles. The van der Waals surface area contributed by atoms with Gasteiger partial charge in [0, 0.05) is 50.8 Å². The zero-order chi connectivity index (χ0) is 26.2. The highest BCUT2D eigenvalue weighted by atomic mass is 32.1. The molecule has 11 heteroatoms. The first-order chi connectivity index (χ1) is 17.7. The van der Waals surface area contributed by atoms with Crippen LogP contribution in [0.5, 0.6) is 5.75 Å². The summed E-state index contributed by atoms with van der Waals surface area (Å²) in [5.74, 6) is 0.661. The van der Waals surface area contributed by atoms with Crippen molar-refractivity contribution in [3.63, 3.8) is 0 Å². The SMILES string of the molecule is Cc1nc2cc(OC([C@@H](C)O)N3CCN(C[C@H]4CC(c5ccccc5C(F)(F)F)=NO4)CC3)ccc2s1. The van der Waals surface area contributed by atoms with Crippen molar-refractivity contribution in [1.82, 2.24) is 14.8 Å². The molecule has 7 nitrogen and oxygen atoms in total. The van der Waals surface area contributed by atoms with Gasteiger partial charge in [0.1, 0.15) is 18.0 Å². The largest absolute Gasteiger partial charge is 0.472 e. The van der Waals surface area contributed by atoms with Gasteiger partial charge in [0.15, 0.2) is 6.23 Å². The summed E-state index contributed by atoms with van der Waals surface area (Å²) in [6.07, 6.45) is -5.63. The van der Waals surface area contributed by atoms with Gasteiger partial charge in [0.05, 0.1) is 26.5 Å². The van der Waals surface area contributed by atoms with Gasteiger partial charge in [-0.25, -0.2) is 4.98 Å². The maximum absolute atomic E-state index is 13.4. The van der Waals surface area contributed by atoms with Crippen LogP contribution in [0.25, 0.3) is 10.2 Å². The van der Waals surface area contributed by atoms with Crippen molar-refractivity contribution in [1.29, 1.82) is 0 Å². The number of halogens is 3. The highest BCUT2D eigenvalue weighted by molar-refractivity contribution is 7.18. The fourth-order valence-corrected chi connectivity index (χ4v) is 5.68. The van der Waals surface area contributed by atoms with Gasteiger partial charge in [0.2, 0.25) is 0 Å². The molecule has 0 aliphatic carbocycles. The van der Waals surface area contributed by atoms with Crippen molar-refractivity contribution in [3.8, 4) is 5.75 Å². The molecule has 0 amide bonds. The van der Waals surface area contributed by atoms with E-state index in [-0.39, 0.29) is 11.7 Å². The van der Waals surface area contributed by atoms with E-state index in [1.54, 1.807) is 24.3 Å². The fraction of sp³-hybridized carbons (Fsp3) is 0.462. The average Bonchev–Trinajstić information content (AvgIpc) is 3.47. The maximum Gasteiger partial charge on any atom is 0.417 e. The lowest BCUT2D eigenvalue weighted by molar-refractivity contribution is -0.137. The number of thiazole rings is 1. The molecule has 1 fully saturated rings. The molecule has 37 heavy (non-hydrogen) atoms. The summed E-state index contributed by atoms with van der Waals surface area (Å²) in [6, 6.07) is 11.3. The number of hydrogen-bond acceptors (Lipinski definition) is 8. The smallest absolute Gasteiger partial charge is 0.417 e. The first kappa shape index (κ1) is 25.9. The molecule has 0 spiro atoms. The maximum atomic E-state index is 13.4. The molecule has 1 saturated heterocycles. The first-order valence-electron chi connectivity index (χ1n) is 12.2. The van der Waals surface area contributed by atoms with E-state index < -0.39 is 24.1 Å². The normalized spacial score (nSPS) is 21.0. The zero-order valence-corrected chi connectivity index (χ0v) is 21.4. The quantitative estimate of drug-likeness (QED) is 0.481. The molecule has 2 aromatic carbocycles. The van der Waals surface area contributed by atoms with Crippen molar-refractivity contribution in [2.45, 2.75) is 44.9 Å².